The van der Waals surface area contributed by atoms with E-state index in [1.807, 2.05) is 54.6 Å². The van der Waals surface area contributed by atoms with Gasteiger partial charge in [-0.3, -0.25) is 9.36 Å². The fourth-order valence-electron chi connectivity index (χ4n) is 5.00. The molecule has 0 aliphatic carbocycles. The van der Waals surface area contributed by atoms with E-state index in [2.05, 4.69) is 77.4 Å². The lowest BCUT2D eigenvalue weighted by Crippen LogP contribution is -2.15. The second-order valence-electron chi connectivity index (χ2n) is 8.89. The second-order valence-corrected chi connectivity index (χ2v) is 8.89. The molecule has 0 aliphatic rings. The van der Waals surface area contributed by atoms with E-state index in [0.29, 0.717) is 16.7 Å². The van der Waals surface area contributed by atoms with Crippen molar-refractivity contribution in [3.8, 4) is 27.9 Å². The van der Waals surface area contributed by atoms with Gasteiger partial charge in [-0.25, -0.2) is 9.38 Å². The molecule has 7 aromatic rings. The number of hydrogen-bond donors (Lipinski definition) is 0. The Morgan fingerprint density at radius 2 is 1.14 bits per heavy atom. The molecule has 4 heteroatoms. The summed E-state index contributed by atoms with van der Waals surface area (Å²) in [5, 5.41) is 0.617. The van der Waals surface area contributed by atoms with Gasteiger partial charge in [0.25, 0.3) is 5.56 Å². The number of fused-ring (bicyclic) bond motifs is 4. The number of para-hydroxylation sites is 3. The van der Waals surface area contributed by atoms with Crippen molar-refractivity contribution >= 4 is 27.7 Å². The molecular formula is C32H21N3O. The first-order valence-corrected chi connectivity index (χ1v) is 12.0. The standard InChI is InChI=1S/C32H21N3O/c36-31-27-13-4-5-14-28(27)33-32-34(29-15-6-7-16-30(29)35(31)32)26-19-17-23(18-20-26)25-12-8-11-24(21-25)22-9-2-1-3-10-22/h1-21H. The van der Waals surface area contributed by atoms with E-state index < -0.39 is 0 Å². The van der Waals surface area contributed by atoms with Crippen molar-refractivity contribution in [3.63, 3.8) is 0 Å². The van der Waals surface area contributed by atoms with Crippen LogP contribution >= 0.6 is 0 Å². The van der Waals surface area contributed by atoms with Gasteiger partial charge in [-0.2, -0.15) is 0 Å². The first-order chi connectivity index (χ1) is 17.8. The van der Waals surface area contributed by atoms with Crippen LogP contribution in [0, 0.1) is 0 Å². The average Bonchev–Trinajstić information content (AvgIpc) is 3.28. The number of rotatable bonds is 3. The summed E-state index contributed by atoms with van der Waals surface area (Å²) in [6.45, 7) is 0. The fourth-order valence-corrected chi connectivity index (χ4v) is 5.00. The number of nitrogens with zero attached hydrogens (tertiary/aromatic N) is 3. The molecule has 0 fully saturated rings. The maximum absolute atomic E-state index is 13.4. The highest BCUT2D eigenvalue weighted by atomic mass is 16.1. The van der Waals surface area contributed by atoms with Gasteiger partial charge in [-0.15, -0.1) is 0 Å². The summed E-state index contributed by atoms with van der Waals surface area (Å²) in [6, 6.07) is 42.9. The third-order valence-electron chi connectivity index (χ3n) is 6.75. The van der Waals surface area contributed by atoms with Crippen molar-refractivity contribution < 1.29 is 0 Å². The maximum atomic E-state index is 13.4. The third-order valence-corrected chi connectivity index (χ3v) is 6.75. The van der Waals surface area contributed by atoms with Crippen LogP contribution < -0.4 is 5.56 Å². The molecule has 2 aromatic heterocycles. The summed E-state index contributed by atoms with van der Waals surface area (Å²) < 4.78 is 3.78. The molecule has 170 valence electrons. The van der Waals surface area contributed by atoms with E-state index in [4.69, 9.17) is 4.98 Å². The van der Waals surface area contributed by atoms with Crippen molar-refractivity contribution in [2.24, 2.45) is 0 Å². The van der Waals surface area contributed by atoms with Gasteiger partial charge in [0.15, 0.2) is 0 Å². The Morgan fingerprint density at radius 1 is 0.528 bits per heavy atom. The molecule has 0 saturated carbocycles. The molecule has 5 aromatic carbocycles. The third kappa shape index (κ3) is 3.16. The molecule has 36 heavy (non-hydrogen) atoms. The quantitative estimate of drug-likeness (QED) is 0.280. The van der Waals surface area contributed by atoms with Gasteiger partial charge in [0.1, 0.15) is 0 Å². The van der Waals surface area contributed by atoms with Crippen molar-refractivity contribution in [2.75, 3.05) is 0 Å². The van der Waals surface area contributed by atoms with Gasteiger partial charge >= 0.3 is 0 Å². The molecule has 0 aliphatic heterocycles. The van der Waals surface area contributed by atoms with Gasteiger partial charge in [0, 0.05) is 5.69 Å². The number of aromatic nitrogens is 3. The van der Waals surface area contributed by atoms with Crippen LogP contribution in [-0.2, 0) is 0 Å². The highest BCUT2D eigenvalue weighted by Gasteiger charge is 2.16. The van der Waals surface area contributed by atoms with Gasteiger partial charge in [-0.05, 0) is 64.7 Å². The number of benzene rings is 5. The Morgan fingerprint density at radius 3 is 1.92 bits per heavy atom. The van der Waals surface area contributed by atoms with Gasteiger partial charge in [0.05, 0.1) is 21.9 Å². The lowest BCUT2D eigenvalue weighted by atomic mass is 9.99. The molecule has 0 saturated heterocycles. The predicted molar refractivity (Wildman–Crippen MR) is 147 cm³/mol. The molecule has 0 unspecified atom stereocenters. The first kappa shape index (κ1) is 20.4. The summed E-state index contributed by atoms with van der Waals surface area (Å²) in [5.41, 5.74) is 8.06. The minimum Gasteiger partial charge on any atom is -0.278 e. The molecular weight excluding hydrogens is 442 g/mol. The van der Waals surface area contributed by atoms with E-state index in [-0.39, 0.29) is 5.56 Å². The molecule has 4 nitrogen and oxygen atoms in total. The van der Waals surface area contributed by atoms with Crippen LogP contribution in [0.3, 0.4) is 0 Å². The van der Waals surface area contributed by atoms with Crippen molar-refractivity contribution in [2.45, 2.75) is 0 Å². The first-order valence-electron chi connectivity index (χ1n) is 12.0. The Balaban J connectivity index is 1.40. The highest BCUT2D eigenvalue weighted by molar-refractivity contribution is 5.88. The predicted octanol–water partition coefficient (Wildman–Crippen LogP) is 7.13. The van der Waals surface area contributed by atoms with Gasteiger partial charge < -0.3 is 0 Å². The molecule has 0 radical (unpaired) electrons. The lowest BCUT2D eigenvalue weighted by molar-refractivity contribution is 1.05. The smallest absolute Gasteiger partial charge is 0.267 e. The zero-order valence-corrected chi connectivity index (χ0v) is 19.4. The van der Waals surface area contributed by atoms with Crippen LogP contribution in [-0.4, -0.2) is 14.0 Å². The van der Waals surface area contributed by atoms with Crippen LogP contribution in [0.5, 0.6) is 0 Å². The van der Waals surface area contributed by atoms with E-state index in [1.165, 1.54) is 11.1 Å². The van der Waals surface area contributed by atoms with E-state index in [1.54, 1.807) is 4.40 Å². The molecule has 0 bridgehead atoms. The molecule has 2 heterocycles. The monoisotopic (exact) mass is 463 g/mol. The van der Waals surface area contributed by atoms with Crippen LogP contribution in [0.4, 0.5) is 0 Å². The summed E-state index contributed by atoms with van der Waals surface area (Å²) in [6.07, 6.45) is 0. The van der Waals surface area contributed by atoms with Crippen LogP contribution in [0.2, 0.25) is 0 Å². The number of imidazole rings is 1. The largest absolute Gasteiger partial charge is 0.278 e. The van der Waals surface area contributed by atoms with E-state index in [9.17, 15) is 4.79 Å². The summed E-state index contributed by atoms with van der Waals surface area (Å²) in [5.74, 6) is 0.610. The van der Waals surface area contributed by atoms with Gasteiger partial charge in [0.2, 0.25) is 5.78 Å². The van der Waals surface area contributed by atoms with E-state index >= 15 is 0 Å². The molecule has 0 N–H and O–H groups in total. The van der Waals surface area contributed by atoms with Crippen LogP contribution in [0.25, 0.3) is 55.7 Å². The zero-order valence-electron chi connectivity index (χ0n) is 19.4. The molecule has 7 rings (SSSR count). The minimum atomic E-state index is -0.0557. The fraction of sp³-hybridized carbons (Fsp3) is 0. The maximum Gasteiger partial charge on any atom is 0.267 e. The summed E-state index contributed by atoms with van der Waals surface area (Å²) >= 11 is 0. The Bertz CT molecular complexity index is 1950. The zero-order chi connectivity index (χ0) is 24.1. The second kappa shape index (κ2) is 8.07. The van der Waals surface area contributed by atoms with Crippen molar-refractivity contribution in [3.05, 3.63) is 138 Å². The SMILES string of the molecule is O=c1c2ccccc2nc2n(-c3ccc(-c4cccc(-c5ccccc5)c4)cc3)c3ccccc3n12. The Kier molecular flexibility index (Phi) is 4.57. The average molecular weight is 464 g/mol. The summed E-state index contributed by atoms with van der Waals surface area (Å²) in [7, 11) is 0. The van der Waals surface area contributed by atoms with E-state index in [0.717, 1.165) is 27.8 Å². The molecule has 0 spiro atoms. The van der Waals surface area contributed by atoms with Gasteiger partial charge in [-0.1, -0.05) is 84.9 Å². The minimum absolute atomic E-state index is 0.0557. The molecule has 0 amide bonds. The van der Waals surface area contributed by atoms with Crippen molar-refractivity contribution in [1.82, 2.24) is 14.0 Å². The topological polar surface area (TPSA) is 39.3 Å². The Hall–Kier alpha value is -4.96. The normalized spacial score (nSPS) is 11.4. The Labute approximate surface area is 207 Å². The van der Waals surface area contributed by atoms with Crippen molar-refractivity contribution in [1.29, 1.82) is 0 Å². The molecule has 0 atom stereocenters. The summed E-state index contributed by atoms with van der Waals surface area (Å²) in [4.78, 5) is 18.3. The lowest BCUT2D eigenvalue weighted by Gasteiger charge is -2.09. The van der Waals surface area contributed by atoms with Crippen LogP contribution in [0.15, 0.2) is 132 Å². The van der Waals surface area contributed by atoms with Crippen LogP contribution in [0.1, 0.15) is 0 Å². The number of hydrogen-bond acceptors (Lipinski definition) is 2. The highest BCUT2D eigenvalue weighted by Crippen LogP contribution is 2.29.